The number of carbonyl (C=O) groups excluding carboxylic acids is 1. The fraction of sp³-hybridized carbons (Fsp3) is 0.214. The topological polar surface area (TPSA) is 49.3 Å². The van der Waals surface area contributed by atoms with Crippen LogP contribution in [0.4, 0.5) is 0 Å². The molecule has 2 rings (SSSR count). The van der Waals surface area contributed by atoms with Crippen LogP contribution in [0.15, 0.2) is 27.4 Å². The highest BCUT2D eigenvalue weighted by Crippen LogP contribution is 2.21. The van der Waals surface area contributed by atoms with Gasteiger partial charge in [-0.2, -0.15) is 0 Å². The van der Waals surface area contributed by atoms with Crippen molar-refractivity contribution in [3.05, 3.63) is 42.7 Å². The van der Waals surface area contributed by atoms with Crippen molar-refractivity contribution >= 4 is 44.5 Å². The number of thiophene rings is 2. The Morgan fingerprint density at radius 1 is 1.45 bits per heavy atom. The highest BCUT2D eigenvalue weighted by atomic mass is 79.9. The maximum Gasteiger partial charge on any atom is 0.252 e. The van der Waals surface area contributed by atoms with Crippen LogP contribution in [0.3, 0.4) is 0 Å². The summed E-state index contributed by atoms with van der Waals surface area (Å²) in [6.07, 6.45) is 0.483. The van der Waals surface area contributed by atoms with Gasteiger partial charge in [-0.25, -0.2) is 0 Å². The summed E-state index contributed by atoms with van der Waals surface area (Å²) in [4.78, 5) is 13.9. The largest absolute Gasteiger partial charge is 0.395 e. The average Bonchev–Trinajstić information content (AvgIpc) is 3.05. The third-order valence-electron chi connectivity index (χ3n) is 2.36. The van der Waals surface area contributed by atoms with E-state index in [0.29, 0.717) is 18.5 Å². The molecule has 2 aromatic heterocycles. The van der Waals surface area contributed by atoms with Gasteiger partial charge in [-0.1, -0.05) is 11.8 Å². The van der Waals surface area contributed by atoms with E-state index in [2.05, 4.69) is 33.1 Å². The predicted octanol–water partition coefficient (Wildman–Crippen LogP) is 3.24. The number of halogens is 1. The van der Waals surface area contributed by atoms with Crippen LogP contribution in [0.1, 0.15) is 26.5 Å². The van der Waals surface area contributed by atoms with E-state index in [-0.39, 0.29) is 12.5 Å². The SMILES string of the molecule is O=C(NCc1ccc(C#CCCO)s1)c1csc(Br)c1. The number of rotatable bonds is 4. The number of aliphatic hydroxyl groups is 1. The van der Waals surface area contributed by atoms with Crippen LogP contribution in [-0.4, -0.2) is 17.6 Å². The fourth-order valence-electron chi connectivity index (χ4n) is 1.44. The molecule has 0 aliphatic heterocycles. The first-order chi connectivity index (χ1) is 9.69. The van der Waals surface area contributed by atoms with Crippen molar-refractivity contribution in [2.24, 2.45) is 0 Å². The lowest BCUT2D eigenvalue weighted by molar-refractivity contribution is 0.0951. The lowest BCUT2D eigenvalue weighted by Crippen LogP contribution is -2.21. The fourth-order valence-corrected chi connectivity index (χ4v) is 3.40. The quantitative estimate of drug-likeness (QED) is 0.812. The van der Waals surface area contributed by atoms with Crippen molar-refractivity contribution in [1.29, 1.82) is 0 Å². The molecule has 2 N–H and O–H groups in total. The van der Waals surface area contributed by atoms with E-state index in [1.807, 2.05) is 17.5 Å². The summed E-state index contributed by atoms with van der Waals surface area (Å²) < 4.78 is 0.945. The molecule has 104 valence electrons. The number of carbonyl (C=O) groups is 1. The Bertz CT molecular complexity index is 651. The molecule has 1 amide bonds. The number of hydrogen-bond donors (Lipinski definition) is 2. The Labute approximate surface area is 133 Å². The maximum absolute atomic E-state index is 11.9. The van der Waals surface area contributed by atoms with Crippen molar-refractivity contribution < 1.29 is 9.90 Å². The molecule has 0 bridgehead atoms. The lowest BCUT2D eigenvalue weighted by atomic mass is 10.3. The number of nitrogens with one attached hydrogen (secondary N) is 1. The summed E-state index contributed by atoms with van der Waals surface area (Å²) in [7, 11) is 0. The van der Waals surface area contributed by atoms with Crippen molar-refractivity contribution in [2.45, 2.75) is 13.0 Å². The standard InChI is InChI=1S/C14H12BrNO2S2/c15-13-7-10(9-19-13)14(18)16-8-12-5-4-11(20-12)3-1-2-6-17/h4-5,7,9,17H,2,6,8H2,(H,16,18). The van der Waals surface area contributed by atoms with Crippen LogP contribution in [0, 0.1) is 11.8 Å². The Morgan fingerprint density at radius 2 is 2.30 bits per heavy atom. The summed E-state index contributed by atoms with van der Waals surface area (Å²) in [5.41, 5.74) is 0.668. The minimum absolute atomic E-state index is 0.0757. The van der Waals surface area contributed by atoms with E-state index in [4.69, 9.17) is 5.11 Å². The van der Waals surface area contributed by atoms with Crippen molar-refractivity contribution in [3.8, 4) is 11.8 Å². The van der Waals surface area contributed by atoms with E-state index in [9.17, 15) is 4.79 Å². The minimum atomic E-state index is -0.0757. The predicted molar refractivity (Wildman–Crippen MR) is 86.1 cm³/mol. The molecular formula is C14H12BrNO2S2. The Kier molecular flexibility index (Phi) is 5.80. The molecular weight excluding hydrogens is 358 g/mol. The van der Waals surface area contributed by atoms with E-state index >= 15 is 0 Å². The van der Waals surface area contributed by atoms with E-state index in [1.54, 1.807) is 17.4 Å². The van der Waals surface area contributed by atoms with E-state index < -0.39 is 0 Å². The summed E-state index contributed by atoms with van der Waals surface area (Å²) in [6, 6.07) is 5.69. The highest BCUT2D eigenvalue weighted by Gasteiger charge is 2.08. The smallest absolute Gasteiger partial charge is 0.252 e. The van der Waals surface area contributed by atoms with Gasteiger partial charge in [0.15, 0.2) is 0 Å². The molecule has 0 atom stereocenters. The second kappa shape index (κ2) is 7.60. The molecule has 6 heteroatoms. The van der Waals surface area contributed by atoms with Crippen LogP contribution >= 0.6 is 38.6 Å². The minimum Gasteiger partial charge on any atom is -0.395 e. The van der Waals surface area contributed by atoms with Gasteiger partial charge < -0.3 is 10.4 Å². The lowest BCUT2D eigenvalue weighted by Gasteiger charge is -2.00. The normalized spacial score (nSPS) is 9.90. The van der Waals surface area contributed by atoms with E-state index in [1.165, 1.54) is 11.3 Å². The molecule has 0 aliphatic rings. The van der Waals surface area contributed by atoms with Gasteiger partial charge in [0.05, 0.1) is 27.4 Å². The first-order valence-corrected chi connectivity index (χ1v) is 8.38. The molecule has 0 fully saturated rings. The molecule has 3 nitrogen and oxygen atoms in total. The van der Waals surface area contributed by atoms with Gasteiger partial charge in [-0.05, 0) is 34.1 Å². The van der Waals surface area contributed by atoms with E-state index in [0.717, 1.165) is 13.5 Å². The number of hydrogen-bond acceptors (Lipinski definition) is 4. The second-order valence-electron chi connectivity index (χ2n) is 3.86. The average molecular weight is 370 g/mol. The molecule has 0 aromatic carbocycles. The molecule has 20 heavy (non-hydrogen) atoms. The van der Waals surface area contributed by atoms with Gasteiger partial charge in [0.25, 0.3) is 5.91 Å². The Morgan fingerprint density at radius 3 is 3.00 bits per heavy atom. The van der Waals surface area contributed by atoms with Gasteiger partial charge in [0.1, 0.15) is 0 Å². The Balaban J connectivity index is 1.88. The zero-order valence-corrected chi connectivity index (χ0v) is 13.7. The van der Waals surface area contributed by atoms with Crippen LogP contribution in [0.2, 0.25) is 0 Å². The van der Waals surface area contributed by atoms with Gasteiger partial charge in [-0.3, -0.25) is 4.79 Å². The molecule has 0 saturated heterocycles. The molecule has 0 aliphatic carbocycles. The molecule has 0 saturated carbocycles. The summed E-state index contributed by atoms with van der Waals surface area (Å²) in [5, 5.41) is 13.4. The molecule has 0 radical (unpaired) electrons. The van der Waals surface area contributed by atoms with Gasteiger partial charge in [0.2, 0.25) is 0 Å². The van der Waals surface area contributed by atoms with Crippen LogP contribution in [0.25, 0.3) is 0 Å². The number of aliphatic hydroxyl groups excluding tert-OH is 1. The van der Waals surface area contributed by atoms with Crippen LogP contribution < -0.4 is 5.32 Å². The highest BCUT2D eigenvalue weighted by molar-refractivity contribution is 9.11. The van der Waals surface area contributed by atoms with Crippen LogP contribution in [0.5, 0.6) is 0 Å². The van der Waals surface area contributed by atoms with Crippen molar-refractivity contribution in [3.63, 3.8) is 0 Å². The third-order valence-corrected chi connectivity index (χ3v) is 4.87. The van der Waals surface area contributed by atoms with Gasteiger partial charge in [-0.15, -0.1) is 22.7 Å². The second-order valence-corrected chi connectivity index (χ2v) is 7.32. The monoisotopic (exact) mass is 369 g/mol. The first-order valence-electron chi connectivity index (χ1n) is 5.89. The molecule has 2 heterocycles. The molecule has 2 aromatic rings. The molecule has 0 unspecified atom stereocenters. The van der Waals surface area contributed by atoms with Crippen molar-refractivity contribution in [1.82, 2.24) is 5.32 Å². The van der Waals surface area contributed by atoms with Gasteiger partial charge >= 0.3 is 0 Å². The summed E-state index contributed by atoms with van der Waals surface area (Å²) in [5.74, 6) is 5.78. The van der Waals surface area contributed by atoms with Crippen molar-refractivity contribution in [2.75, 3.05) is 6.61 Å². The molecule has 0 spiro atoms. The first kappa shape index (κ1) is 15.3. The summed E-state index contributed by atoms with van der Waals surface area (Å²) in [6.45, 7) is 0.580. The third kappa shape index (κ3) is 4.46. The number of amides is 1. The summed E-state index contributed by atoms with van der Waals surface area (Å²) >= 11 is 6.38. The zero-order valence-electron chi connectivity index (χ0n) is 10.5. The maximum atomic E-state index is 11.9. The zero-order chi connectivity index (χ0) is 14.4. The Hall–Kier alpha value is -1.13. The van der Waals surface area contributed by atoms with Gasteiger partial charge in [0, 0.05) is 16.7 Å². The van der Waals surface area contributed by atoms with Crippen LogP contribution in [-0.2, 0) is 6.54 Å².